The SMILES string of the molecule is CCOC(=O)c1cc2cc(NC(=O)[C@@H]3[C@H]([C@H]4CC[C@H](OC)CC4)CCN3C(=O)C3CCC([C@@H](CF)NC(=O)OC(C)(C)C)CC3)ccc2[nH]1. The number of aromatic nitrogens is 1. The molecule has 3 atom stereocenters. The van der Waals surface area contributed by atoms with Crippen molar-refractivity contribution in [2.24, 2.45) is 23.7 Å². The number of methoxy groups -OCH3 is 1. The van der Waals surface area contributed by atoms with E-state index in [1.54, 1.807) is 51.8 Å². The summed E-state index contributed by atoms with van der Waals surface area (Å²) in [7, 11) is 1.74. The van der Waals surface area contributed by atoms with E-state index < -0.39 is 36.4 Å². The van der Waals surface area contributed by atoms with Crippen LogP contribution in [0.15, 0.2) is 24.3 Å². The molecule has 11 nitrogen and oxygen atoms in total. The second-order valence-corrected chi connectivity index (χ2v) is 14.9. The first kappa shape index (κ1) is 36.6. The van der Waals surface area contributed by atoms with E-state index in [0.29, 0.717) is 49.5 Å². The van der Waals surface area contributed by atoms with Crippen LogP contribution in [-0.4, -0.2) is 84.5 Å². The predicted molar refractivity (Wildman–Crippen MR) is 184 cm³/mol. The fraction of sp³-hybridized carbons (Fsp3) is 0.676. The third-order valence-corrected chi connectivity index (χ3v) is 10.6. The summed E-state index contributed by atoms with van der Waals surface area (Å²) in [6.07, 6.45) is 6.43. The maximum absolute atomic E-state index is 14.2. The Kier molecular flexibility index (Phi) is 11.9. The molecule has 2 heterocycles. The lowest BCUT2D eigenvalue weighted by Gasteiger charge is -2.38. The molecule has 3 amide bonds. The molecule has 0 spiro atoms. The fourth-order valence-corrected chi connectivity index (χ4v) is 8.14. The predicted octanol–water partition coefficient (Wildman–Crippen LogP) is 6.37. The summed E-state index contributed by atoms with van der Waals surface area (Å²) >= 11 is 0. The third kappa shape index (κ3) is 8.93. The van der Waals surface area contributed by atoms with E-state index in [1.165, 1.54) is 0 Å². The summed E-state index contributed by atoms with van der Waals surface area (Å²) in [5, 5.41) is 6.55. The molecule has 1 aromatic heterocycles. The average molecular weight is 685 g/mol. The van der Waals surface area contributed by atoms with Gasteiger partial charge in [-0.05, 0) is 128 Å². The highest BCUT2D eigenvalue weighted by molar-refractivity contribution is 6.01. The molecule has 12 heteroatoms. The van der Waals surface area contributed by atoms with Gasteiger partial charge >= 0.3 is 12.1 Å². The molecule has 2 aromatic rings. The number of hydrogen-bond acceptors (Lipinski definition) is 7. The minimum Gasteiger partial charge on any atom is -0.461 e. The second-order valence-electron chi connectivity index (χ2n) is 14.9. The van der Waals surface area contributed by atoms with Crippen molar-refractivity contribution in [3.8, 4) is 0 Å². The Morgan fingerprint density at radius 2 is 1.71 bits per heavy atom. The number of esters is 1. The van der Waals surface area contributed by atoms with E-state index >= 15 is 0 Å². The molecule has 2 saturated carbocycles. The van der Waals surface area contributed by atoms with Gasteiger partial charge in [0.1, 0.15) is 24.0 Å². The summed E-state index contributed by atoms with van der Waals surface area (Å²) < 4.78 is 30.1. The standard InChI is InChI=1S/C37H53FN4O7/c1-6-48-35(45)30-20-25-19-26(13-16-29(25)40-30)39-33(43)32-28(22-11-14-27(47-5)15-12-22)17-18-42(32)34(44)24-9-7-23(8-10-24)31(21-38)41-36(46)49-37(2,3)4/h13,16,19-20,22-24,27-28,31-32,40H,6-12,14-15,17-18,21H2,1-5H3,(H,39,43)(H,41,46)/t22-,23?,24?,27-,28-,31+,32-/m0/s1. The monoisotopic (exact) mass is 684 g/mol. The number of H-pyrrole nitrogens is 1. The highest BCUT2D eigenvalue weighted by Crippen LogP contribution is 2.42. The van der Waals surface area contributed by atoms with Crippen molar-refractivity contribution in [1.29, 1.82) is 0 Å². The van der Waals surface area contributed by atoms with Gasteiger partial charge in [0, 0.05) is 36.2 Å². The van der Waals surface area contributed by atoms with Gasteiger partial charge < -0.3 is 34.7 Å². The number of nitrogens with zero attached hydrogens (tertiary/aromatic N) is 1. The number of carbonyl (C=O) groups is 4. The van der Waals surface area contributed by atoms with E-state index in [-0.39, 0.29) is 42.3 Å². The first-order chi connectivity index (χ1) is 23.4. The molecule has 5 rings (SSSR count). The molecule has 0 unspecified atom stereocenters. The number of nitrogens with one attached hydrogen (secondary N) is 3. The number of halogens is 1. The van der Waals surface area contributed by atoms with Crippen LogP contribution < -0.4 is 10.6 Å². The Balaban J connectivity index is 1.28. The van der Waals surface area contributed by atoms with Gasteiger partial charge in [-0.2, -0.15) is 0 Å². The maximum atomic E-state index is 14.2. The van der Waals surface area contributed by atoms with Crippen LogP contribution in [0.4, 0.5) is 14.9 Å². The van der Waals surface area contributed by atoms with Crippen molar-refractivity contribution in [1.82, 2.24) is 15.2 Å². The molecule has 0 radical (unpaired) electrons. The topological polar surface area (TPSA) is 139 Å². The number of carbonyl (C=O) groups excluding carboxylic acids is 4. The molecule has 3 N–H and O–H groups in total. The Bertz CT molecular complexity index is 1470. The van der Waals surface area contributed by atoms with E-state index in [0.717, 1.165) is 43.0 Å². The Hall–Kier alpha value is -3.67. The summed E-state index contributed by atoms with van der Waals surface area (Å²) in [5.74, 6) is -0.715. The van der Waals surface area contributed by atoms with Crippen molar-refractivity contribution in [3.63, 3.8) is 0 Å². The molecule has 1 saturated heterocycles. The molecular formula is C37H53FN4O7. The minimum absolute atomic E-state index is 0.0243. The zero-order valence-electron chi connectivity index (χ0n) is 29.5. The largest absolute Gasteiger partial charge is 0.461 e. The van der Waals surface area contributed by atoms with Gasteiger partial charge in [-0.25, -0.2) is 14.0 Å². The number of anilines is 1. The Morgan fingerprint density at radius 3 is 2.35 bits per heavy atom. The smallest absolute Gasteiger partial charge is 0.407 e. The number of alkyl carbamates (subject to hydrolysis) is 1. The van der Waals surface area contributed by atoms with Crippen molar-refractivity contribution in [2.45, 2.75) is 109 Å². The van der Waals surface area contributed by atoms with E-state index in [2.05, 4.69) is 15.6 Å². The van der Waals surface area contributed by atoms with E-state index in [9.17, 15) is 23.6 Å². The number of alkyl halides is 1. The molecule has 1 aliphatic heterocycles. The summed E-state index contributed by atoms with van der Waals surface area (Å²) in [4.78, 5) is 57.8. The van der Waals surface area contributed by atoms with Crippen molar-refractivity contribution in [2.75, 3.05) is 32.3 Å². The first-order valence-electron chi connectivity index (χ1n) is 17.9. The number of benzene rings is 1. The van der Waals surface area contributed by atoms with Crippen LogP contribution in [0.25, 0.3) is 10.9 Å². The summed E-state index contributed by atoms with van der Waals surface area (Å²) in [6, 6.07) is 5.85. The first-order valence-corrected chi connectivity index (χ1v) is 17.9. The number of rotatable bonds is 10. The lowest BCUT2D eigenvalue weighted by atomic mass is 9.75. The second kappa shape index (κ2) is 15.9. The van der Waals surface area contributed by atoms with Gasteiger partial charge in [0.05, 0.1) is 18.8 Å². The Labute approximate surface area is 288 Å². The fourth-order valence-electron chi connectivity index (χ4n) is 8.14. The molecule has 49 heavy (non-hydrogen) atoms. The molecule has 0 bridgehead atoms. The third-order valence-electron chi connectivity index (χ3n) is 10.6. The van der Waals surface area contributed by atoms with Crippen LogP contribution >= 0.6 is 0 Å². The zero-order valence-corrected chi connectivity index (χ0v) is 29.5. The lowest BCUT2D eigenvalue weighted by molar-refractivity contribution is -0.142. The molecule has 3 aliphatic rings. The van der Waals surface area contributed by atoms with E-state index in [4.69, 9.17) is 14.2 Å². The van der Waals surface area contributed by atoms with E-state index in [1.807, 2.05) is 12.1 Å². The van der Waals surface area contributed by atoms with Crippen LogP contribution in [0.1, 0.15) is 96.0 Å². The van der Waals surface area contributed by atoms with Crippen LogP contribution in [0.3, 0.4) is 0 Å². The highest BCUT2D eigenvalue weighted by Gasteiger charge is 2.47. The number of fused-ring (bicyclic) bond motifs is 1. The minimum atomic E-state index is -0.706. The van der Waals surface area contributed by atoms with Gasteiger partial charge in [0.15, 0.2) is 0 Å². The molecular weight excluding hydrogens is 631 g/mol. The summed E-state index contributed by atoms with van der Waals surface area (Å²) in [5.41, 5.74) is 0.992. The van der Waals surface area contributed by atoms with Crippen LogP contribution in [0, 0.1) is 23.7 Å². The van der Waals surface area contributed by atoms with Crippen molar-refractivity contribution in [3.05, 3.63) is 30.0 Å². The van der Waals surface area contributed by atoms with Crippen molar-refractivity contribution < 1.29 is 37.8 Å². The van der Waals surface area contributed by atoms with Gasteiger partial charge in [0.2, 0.25) is 11.8 Å². The molecule has 3 fully saturated rings. The lowest BCUT2D eigenvalue weighted by Crippen LogP contribution is -2.50. The zero-order chi connectivity index (χ0) is 35.3. The van der Waals surface area contributed by atoms with Crippen LogP contribution in [0.5, 0.6) is 0 Å². The van der Waals surface area contributed by atoms with Gasteiger partial charge in [-0.15, -0.1) is 0 Å². The maximum Gasteiger partial charge on any atom is 0.407 e. The quantitative estimate of drug-likeness (QED) is 0.247. The normalized spacial score (nSPS) is 26.6. The number of ether oxygens (including phenoxy) is 3. The van der Waals surface area contributed by atoms with Crippen molar-refractivity contribution >= 4 is 40.5 Å². The number of aromatic amines is 1. The summed E-state index contributed by atoms with van der Waals surface area (Å²) in [6.45, 7) is 7.11. The molecule has 1 aromatic carbocycles. The number of amides is 3. The van der Waals surface area contributed by atoms with Crippen LogP contribution in [0.2, 0.25) is 0 Å². The number of likely N-dealkylation sites (tertiary alicyclic amines) is 1. The van der Waals surface area contributed by atoms with Gasteiger partial charge in [-0.1, -0.05) is 0 Å². The van der Waals surface area contributed by atoms with Crippen LogP contribution in [-0.2, 0) is 23.8 Å². The Morgan fingerprint density at radius 1 is 1.00 bits per heavy atom. The van der Waals surface area contributed by atoms with Gasteiger partial charge in [-0.3, -0.25) is 9.59 Å². The average Bonchev–Trinajstić information content (AvgIpc) is 3.71. The highest BCUT2D eigenvalue weighted by atomic mass is 19.1. The molecule has 2 aliphatic carbocycles. The van der Waals surface area contributed by atoms with Gasteiger partial charge in [0.25, 0.3) is 0 Å². The number of hydrogen-bond donors (Lipinski definition) is 3. The molecule has 270 valence electrons.